The molecule has 34 heavy (non-hydrogen) atoms. The second kappa shape index (κ2) is 9.05. The standard InChI is InChI=1S/C23H25ClN4O6/c1-28(2)19-5-4-11(23(26-19)31-3)12-6-13-14(8-25-16(13)7-15(12)24)22(30)27-34-18-10-33-20-17(29)9-32-21(18)20/h4-8,17-18,20-21,25,29H,9-10H2,1-3H3,(H,27,30)/t17?,18?,20-,21-/m1/s1. The van der Waals surface area contributed by atoms with E-state index in [9.17, 15) is 9.90 Å². The van der Waals surface area contributed by atoms with Crippen molar-refractivity contribution in [2.24, 2.45) is 0 Å². The quantitative estimate of drug-likeness (QED) is 0.452. The van der Waals surface area contributed by atoms with Gasteiger partial charge in [0.2, 0.25) is 5.88 Å². The number of aromatic amines is 1. The highest BCUT2D eigenvalue weighted by molar-refractivity contribution is 6.34. The summed E-state index contributed by atoms with van der Waals surface area (Å²) < 4.78 is 16.6. The summed E-state index contributed by atoms with van der Waals surface area (Å²) >= 11 is 6.58. The molecule has 0 radical (unpaired) electrons. The molecule has 3 aromatic rings. The summed E-state index contributed by atoms with van der Waals surface area (Å²) in [5.41, 5.74) is 4.95. The molecule has 0 bridgehead atoms. The molecule has 0 saturated carbocycles. The van der Waals surface area contributed by atoms with E-state index in [1.807, 2.05) is 37.2 Å². The molecule has 1 aromatic carbocycles. The highest BCUT2D eigenvalue weighted by atomic mass is 35.5. The number of amides is 1. The van der Waals surface area contributed by atoms with Gasteiger partial charge in [0.25, 0.3) is 5.91 Å². The fraction of sp³-hybridized carbons (Fsp3) is 0.391. The minimum absolute atomic E-state index is 0.183. The molecule has 2 aromatic heterocycles. The number of nitrogens with zero attached hydrogens (tertiary/aromatic N) is 2. The van der Waals surface area contributed by atoms with E-state index >= 15 is 0 Å². The van der Waals surface area contributed by atoms with Crippen LogP contribution in [0.4, 0.5) is 5.82 Å². The molecule has 11 heteroatoms. The number of aromatic nitrogens is 2. The predicted molar refractivity (Wildman–Crippen MR) is 125 cm³/mol. The third kappa shape index (κ3) is 3.97. The van der Waals surface area contributed by atoms with Crippen molar-refractivity contribution in [3.8, 4) is 17.0 Å². The first kappa shape index (κ1) is 22.9. The molecule has 10 nitrogen and oxygen atoms in total. The topological polar surface area (TPSA) is 118 Å². The van der Waals surface area contributed by atoms with Gasteiger partial charge in [-0.05, 0) is 24.3 Å². The number of rotatable bonds is 6. The van der Waals surface area contributed by atoms with Crippen LogP contribution in [0, 0.1) is 0 Å². The number of hydrogen-bond acceptors (Lipinski definition) is 8. The van der Waals surface area contributed by atoms with Gasteiger partial charge in [-0.3, -0.25) is 9.63 Å². The lowest BCUT2D eigenvalue weighted by Crippen LogP contribution is -2.38. The van der Waals surface area contributed by atoms with E-state index in [0.29, 0.717) is 38.5 Å². The maximum Gasteiger partial charge on any atom is 0.277 e. The summed E-state index contributed by atoms with van der Waals surface area (Å²) in [7, 11) is 5.34. The average molecular weight is 489 g/mol. The molecule has 4 heterocycles. The van der Waals surface area contributed by atoms with Gasteiger partial charge in [0.05, 0.1) is 30.9 Å². The van der Waals surface area contributed by atoms with Crippen LogP contribution in [0.5, 0.6) is 5.88 Å². The molecule has 2 unspecified atom stereocenters. The van der Waals surface area contributed by atoms with E-state index in [0.717, 1.165) is 5.82 Å². The van der Waals surface area contributed by atoms with Crippen LogP contribution in [0.1, 0.15) is 10.4 Å². The molecule has 2 aliphatic heterocycles. The van der Waals surface area contributed by atoms with Gasteiger partial charge in [-0.25, -0.2) is 5.48 Å². The van der Waals surface area contributed by atoms with Crippen LogP contribution in [0.25, 0.3) is 22.0 Å². The van der Waals surface area contributed by atoms with Gasteiger partial charge in [0, 0.05) is 42.3 Å². The average Bonchev–Trinajstić information content (AvgIpc) is 3.53. The van der Waals surface area contributed by atoms with E-state index in [1.54, 1.807) is 19.4 Å². The molecule has 1 amide bonds. The van der Waals surface area contributed by atoms with Crippen LogP contribution in [0.15, 0.2) is 30.5 Å². The zero-order valence-electron chi connectivity index (χ0n) is 18.9. The number of carbonyl (C=O) groups excluding carboxylic acids is 1. The summed E-state index contributed by atoms with van der Waals surface area (Å²) in [4.78, 5) is 28.0. The molecule has 0 spiro atoms. The number of nitrogens with one attached hydrogen (secondary N) is 2. The van der Waals surface area contributed by atoms with E-state index in [4.69, 9.17) is 30.6 Å². The van der Waals surface area contributed by atoms with Crippen LogP contribution in [0.3, 0.4) is 0 Å². The first-order valence-electron chi connectivity index (χ1n) is 10.8. The van der Waals surface area contributed by atoms with Crippen LogP contribution < -0.4 is 15.1 Å². The summed E-state index contributed by atoms with van der Waals surface area (Å²) in [5.74, 6) is 0.731. The lowest BCUT2D eigenvalue weighted by atomic mass is 10.0. The van der Waals surface area contributed by atoms with Crippen LogP contribution >= 0.6 is 11.6 Å². The number of methoxy groups -OCH3 is 1. The van der Waals surface area contributed by atoms with Crippen molar-refractivity contribution in [2.45, 2.75) is 24.4 Å². The lowest BCUT2D eigenvalue weighted by Gasteiger charge is -2.16. The van der Waals surface area contributed by atoms with Gasteiger partial charge >= 0.3 is 0 Å². The molecule has 0 aliphatic carbocycles. The summed E-state index contributed by atoms with van der Waals surface area (Å²) in [6.07, 6.45) is -0.468. The normalized spacial score (nSPS) is 23.8. The third-order valence-electron chi connectivity index (χ3n) is 6.09. The van der Waals surface area contributed by atoms with Gasteiger partial charge in [-0.15, -0.1) is 0 Å². The minimum atomic E-state index is -0.690. The largest absolute Gasteiger partial charge is 0.480 e. The number of aliphatic hydroxyl groups excluding tert-OH is 1. The fourth-order valence-electron chi connectivity index (χ4n) is 4.31. The predicted octanol–water partition coefficient (Wildman–Crippen LogP) is 2.15. The third-order valence-corrected chi connectivity index (χ3v) is 6.40. The van der Waals surface area contributed by atoms with E-state index in [2.05, 4.69) is 15.4 Å². The highest BCUT2D eigenvalue weighted by Crippen LogP contribution is 2.38. The van der Waals surface area contributed by atoms with Crippen molar-refractivity contribution in [3.05, 3.63) is 41.0 Å². The number of H-pyrrole nitrogens is 1. The summed E-state index contributed by atoms with van der Waals surface area (Å²) in [6, 6.07) is 7.33. The number of fused-ring (bicyclic) bond motifs is 2. The van der Waals surface area contributed by atoms with E-state index < -0.39 is 30.3 Å². The summed E-state index contributed by atoms with van der Waals surface area (Å²) in [6.45, 7) is 0.402. The first-order valence-corrected chi connectivity index (χ1v) is 11.2. The number of hydroxylamine groups is 1. The monoisotopic (exact) mass is 488 g/mol. The Kier molecular flexibility index (Phi) is 6.09. The first-order chi connectivity index (χ1) is 16.4. The SMILES string of the molecule is COc1nc(N(C)C)ccc1-c1cc2c(C(=O)NOC3CO[C@@H]4C(O)CO[C@H]34)c[nH]c2cc1Cl. The molecular formula is C23H25ClN4O6. The van der Waals surface area contributed by atoms with Gasteiger partial charge in [-0.2, -0.15) is 4.98 Å². The molecule has 3 N–H and O–H groups in total. The zero-order chi connectivity index (χ0) is 24.0. The number of aliphatic hydroxyl groups is 1. The van der Waals surface area contributed by atoms with Crippen LogP contribution in [-0.4, -0.2) is 79.8 Å². The molecule has 2 fully saturated rings. The van der Waals surface area contributed by atoms with Crippen molar-refractivity contribution < 1.29 is 28.9 Å². The Labute approximate surface area is 200 Å². The maximum absolute atomic E-state index is 12.9. The van der Waals surface area contributed by atoms with Crippen molar-refractivity contribution >= 4 is 34.2 Å². The Bertz CT molecular complexity index is 1230. The Morgan fingerprint density at radius 1 is 1.24 bits per heavy atom. The lowest BCUT2D eigenvalue weighted by molar-refractivity contribution is -0.0710. The van der Waals surface area contributed by atoms with Crippen molar-refractivity contribution in [1.82, 2.24) is 15.4 Å². The molecule has 180 valence electrons. The Morgan fingerprint density at radius 2 is 2.03 bits per heavy atom. The Balaban J connectivity index is 1.41. The smallest absolute Gasteiger partial charge is 0.277 e. The molecule has 2 saturated heterocycles. The minimum Gasteiger partial charge on any atom is -0.480 e. The number of hydrogen-bond donors (Lipinski definition) is 3. The van der Waals surface area contributed by atoms with Crippen molar-refractivity contribution in [3.63, 3.8) is 0 Å². The number of ether oxygens (including phenoxy) is 3. The van der Waals surface area contributed by atoms with E-state index in [1.165, 1.54) is 0 Å². The second-order valence-corrected chi connectivity index (χ2v) is 8.86. The Morgan fingerprint density at radius 3 is 2.79 bits per heavy atom. The van der Waals surface area contributed by atoms with Crippen molar-refractivity contribution in [1.29, 1.82) is 0 Å². The Hall–Kier alpha value is -2.89. The maximum atomic E-state index is 12.9. The van der Waals surface area contributed by atoms with Crippen LogP contribution in [0.2, 0.25) is 5.02 Å². The second-order valence-electron chi connectivity index (χ2n) is 8.45. The molecule has 4 atom stereocenters. The van der Waals surface area contributed by atoms with Gasteiger partial charge in [0.1, 0.15) is 30.2 Å². The number of benzene rings is 1. The number of anilines is 1. The number of carbonyl (C=O) groups is 1. The summed E-state index contributed by atoms with van der Waals surface area (Å²) in [5, 5.41) is 11.0. The van der Waals surface area contributed by atoms with Gasteiger partial charge in [-0.1, -0.05) is 11.6 Å². The number of pyridine rings is 1. The van der Waals surface area contributed by atoms with Crippen LogP contribution in [-0.2, 0) is 14.3 Å². The van der Waals surface area contributed by atoms with Gasteiger partial charge < -0.3 is 29.2 Å². The molecule has 5 rings (SSSR count). The van der Waals surface area contributed by atoms with Gasteiger partial charge in [0.15, 0.2) is 0 Å². The highest BCUT2D eigenvalue weighted by Gasteiger charge is 2.48. The molecule has 2 aliphatic rings. The van der Waals surface area contributed by atoms with Crippen molar-refractivity contribution in [2.75, 3.05) is 39.3 Å². The zero-order valence-corrected chi connectivity index (χ0v) is 19.6. The molecular weight excluding hydrogens is 464 g/mol. The fourth-order valence-corrected chi connectivity index (χ4v) is 4.57. The van der Waals surface area contributed by atoms with E-state index in [-0.39, 0.29) is 13.2 Å². The number of halogens is 1.